The van der Waals surface area contributed by atoms with Crippen molar-refractivity contribution in [2.45, 2.75) is 50.2 Å². The summed E-state index contributed by atoms with van der Waals surface area (Å²) in [7, 11) is 0. The molecule has 1 amide bonds. The molecule has 2 aliphatic carbocycles. The Kier molecular flexibility index (Phi) is 2.68. The third-order valence-corrected chi connectivity index (χ3v) is 5.16. The van der Waals surface area contributed by atoms with Gasteiger partial charge >= 0.3 is 0 Å². The molecule has 1 saturated heterocycles. The molecule has 2 saturated carbocycles. The van der Waals surface area contributed by atoms with Crippen LogP contribution >= 0.6 is 0 Å². The fourth-order valence-electron chi connectivity index (χ4n) is 3.59. The second-order valence-corrected chi connectivity index (χ2v) is 6.08. The number of rotatable bonds is 3. The van der Waals surface area contributed by atoms with Crippen molar-refractivity contribution in [3.05, 3.63) is 12.4 Å². The fourth-order valence-corrected chi connectivity index (χ4v) is 3.59. The highest BCUT2D eigenvalue weighted by molar-refractivity contribution is 5.85. The molecule has 19 heavy (non-hydrogen) atoms. The topological polar surface area (TPSA) is 70.1 Å². The Morgan fingerprint density at radius 3 is 2.68 bits per heavy atom. The van der Waals surface area contributed by atoms with Crippen LogP contribution in [-0.4, -0.2) is 28.9 Å². The van der Waals surface area contributed by atoms with Gasteiger partial charge in [0.25, 0.3) is 0 Å². The Bertz CT molecular complexity index is 480. The number of piperidine rings is 1. The molecular weight excluding hydrogens is 245 g/mol. The number of hydrogen-bond donors (Lipinski definition) is 1. The molecule has 3 fully saturated rings. The number of nitrogens with two attached hydrogens (primary N) is 1. The number of carbonyl (C=O) groups excluding carboxylic acids is 1. The summed E-state index contributed by atoms with van der Waals surface area (Å²) in [6, 6.07) is 1.04. The first kappa shape index (κ1) is 12.6. The zero-order chi connectivity index (χ0) is 13.8. The van der Waals surface area contributed by atoms with Crippen LogP contribution in [-0.2, 0) is 4.79 Å². The minimum Gasteiger partial charge on any atom is -0.322 e. The lowest BCUT2D eigenvalue weighted by molar-refractivity contribution is -0.138. The van der Waals surface area contributed by atoms with E-state index in [1.807, 2.05) is 0 Å². The molecule has 5 heteroatoms. The van der Waals surface area contributed by atoms with Crippen LogP contribution in [0, 0.1) is 22.7 Å². The molecule has 3 rings (SSSR count). The summed E-state index contributed by atoms with van der Waals surface area (Å²) in [5.74, 6) is -0.304. The lowest BCUT2D eigenvalue weighted by atomic mass is 9.63. The number of carbonyl (C=O) groups is 1. The molecule has 1 heterocycles. The van der Waals surface area contributed by atoms with Crippen molar-refractivity contribution in [3.63, 3.8) is 0 Å². The van der Waals surface area contributed by atoms with Crippen LogP contribution in [0.15, 0.2) is 12.4 Å². The molecule has 102 valence electrons. The van der Waals surface area contributed by atoms with Gasteiger partial charge in [-0.15, -0.1) is 0 Å². The van der Waals surface area contributed by atoms with Crippen LogP contribution in [0.2, 0.25) is 0 Å². The van der Waals surface area contributed by atoms with Gasteiger partial charge in [0.05, 0.1) is 12.1 Å². The monoisotopic (exact) mass is 263 g/mol. The number of hydrogen-bond acceptors (Lipinski definition) is 3. The minimum absolute atomic E-state index is 0.160. The Labute approximate surface area is 112 Å². The highest BCUT2D eigenvalue weighted by atomic mass is 19.1. The maximum absolute atomic E-state index is 13.7. The molecule has 0 spiro atoms. The van der Waals surface area contributed by atoms with Crippen LogP contribution in [0.5, 0.6) is 0 Å². The normalized spacial score (nSPS) is 35.8. The molecule has 0 aromatic carbocycles. The molecular formula is C14H18FN3O. The van der Waals surface area contributed by atoms with E-state index in [0.29, 0.717) is 18.8 Å². The van der Waals surface area contributed by atoms with Gasteiger partial charge in [-0.05, 0) is 31.6 Å². The molecule has 3 unspecified atom stereocenters. The van der Waals surface area contributed by atoms with Gasteiger partial charge in [0.15, 0.2) is 0 Å². The Balaban J connectivity index is 1.80. The predicted molar refractivity (Wildman–Crippen MR) is 67.3 cm³/mol. The van der Waals surface area contributed by atoms with Gasteiger partial charge in [-0.1, -0.05) is 13.0 Å². The molecule has 0 aromatic rings. The van der Waals surface area contributed by atoms with E-state index in [1.54, 1.807) is 4.90 Å². The van der Waals surface area contributed by atoms with Crippen molar-refractivity contribution in [2.24, 2.45) is 17.1 Å². The smallest absolute Gasteiger partial charge is 0.241 e. The van der Waals surface area contributed by atoms with Crippen LogP contribution in [0.25, 0.3) is 0 Å². The second-order valence-electron chi connectivity index (χ2n) is 6.08. The van der Waals surface area contributed by atoms with E-state index in [0.717, 1.165) is 19.3 Å². The molecule has 2 N–H and O–H groups in total. The number of likely N-dealkylation sites (tertiary alicyclic amines) is 1. The van der Waals surface area contributed by atoms with E-state index in [2.05, 4.69) is 12.6 Å². The maximum atomic E-state index is 13.7. The molecule has 0 radical (unpaired) electrons. The van der Waals surface area contributed by atoms with E-state index >= 15 is 0 Å². The van der Waals surface area contributed by atoms with Crippen molar-refractivity contribution in [1.82, 2.24) is 4.90 Å². The maximum Gasteiger partial charge on any atom is 0.241 e. The van der Waals surface area contributed by atoms with Crippen molar-refractivity contribution >= 4 is 5.91 Å². The van der Waals surface area contributed by atoms with Gasteiger partial charge in [-0.25, -0.2) is 4.39 Å². The van der Waals surface area contributed by atoms with Crippen molar-refractivity contribution in [3.8, 4) is 6.07 Å². The largest absolute Gasteiger partial charge is 0.322 e. The van der Waals surface area contributed by atoms with Gasteiger partial charge in [0.1, 0.15) is 11.9 Å². The van der Waals surface area contributed by atoms with E-state index in [9.17, 15) is 9.18 Å². The Hall–Kier alpha value is -1.41. The zero-order valence-corrected chi connectivity index (χ0v) is 10.8. The molecule has 0 bridgehead atoms. The third kappa shape index (κ3) is 1.63. The summed E-state index contributed by atoms with van der Waals surface area (Å²) in [6.45, 7) is 3.37. The van der Waals surface area contributed by atoms with Gasteiger partial charge in [0, 0.05) is 11.5 Å². The predicted octanol–water partition coefficient (Wildman–Crippen LogP) is 1.48. The first-order chi connectivity index (χ1) is 9.01. The number of nitriles is 1. The summed E-state index contributed by atoms with van der Waals surface area (Å²) in [5, 5.41) is 9.11. The van der Waals surface area contributed by atoms with Crippen LogP contribution < -0.4 is 5.73 Å². The average Bonchev–Trinajstić information content (AvgIpc) is 2.97. The molecule has 4 nitrogen and oxygen atoms in total. The third-order valence-electron chi connectivity index (χ3n) is 5.16. The van der Waals surface area contributed by atoms with E-state index in [-0.39, 0.29) is 18.0 Å². The van der Waals surface area contributed by atoms with Crippen LogP contribution in [0.3, 0.4) is 0 Å². The highest BCUT2D eigenvalue weighted by Gasteiger charge is 2.58. The van der Waals surface area contributed by atoms with E-state index < -0.39 is 17.3 Å². The van der Waals surface area contributed by atoms with Gasteiger partial charge < -0.3 is 10.6 Å². The molecule has 1 aliphatic heterocycles. The first-order valence-electron chi connectivity index (χ1n) is 6.83. The number of fused-ring (bicyclic) bond motifs is 1. The lowest BCUT2D eigenvalue weighted by Gasteiger charge is -2.45. The van der Waals surface area contributed by atoms with Gasteiger partial charge in [-0.2, -0.15) is 5.26 Å². The Morgan fingerprint density at radius 1 is 1.53 bits per heavy atom. The molecule has 3 aliphatic rings. The standard InChI is InChI=1S/C14H18FN3O/c1-8(15)14(3-2-4-14)12(17)13(19)18-10(7-16)5-9-6-11(9)18/h9-12H,1-6,17H2/t9?,10-,11?,12?/m0/s1. The quantitative estimate of drug-likeness (QED) is 0.838. The number of nitrogens with zero attached hydrogens (tertiary/aromatic N) is 2. The van der Waals surface area contributed by atoms with Gasteiger partial charge in [0.2, 0.25) is 5.91 Å². The summed E-state index contributed by atoms with van der Waals surface area (Å²) in [4.78, 5) is 14.1. The van der Waals surface area contributed by atoms with Gasteiger partial charge in [-0.3, -0.25) is 4.79 Å². The SMILES string of the molecule is C=C(F)C1(C(N)C(=O)N2C3CC3C[C@H]2C#N)CCC1. The van der Waals surface area contributed by atoms with Crippen LogP contribution in [0.4, 0.5) is 4.39 Å². The van der Waals surface area contributed by atoms with E-state index in [4.69, 9.17) is 11.0 Å². The second kappa shape index (κ2) is 4.04. The summed E-state index contributed by atoms with van der Waals surface area (Å²) in [5.41, 5.74) is 5.15. The van der Waals surface area contributed by atoms with Crippen LogP contribution in [0.1, 0.15) is 32.1 Å². The first-order valence-corrected chi connectivity index (χ1v) is 6.83. The van der Waals surface area contributed by atoms with Crippen molar-refractivity contribution in [1.29, 1.82) is 5.26 Å². The van der Waals surface area contributed by atoms with E-state index in [1.165, 1.54) is 0 Å². The highest BCUT2D eigenvalue weighted by Crippen LogP contribution is 2.52. The van der Waals surface area contributed by atoms with Crippen molar-refractivity contribution in [2.75, 3.05) is 0 Å². The summed E-state index contributed by atoms with van der Waals surface area (Å²) in [6.07, 6.45) is 3.73. The lowest BCUT2D eigenvalue weighted by Crippen LogP contribution is -2.57. The average molecular weight is 263 g/mol. The number of halogens is 1. The number of amides is 1. The minimum atomic E-state index is -0.894. The molecule has 0 aromatic heterocycles. The molecule has 4 atom stereocenters. The van der Waals surface area contributed by atoms with Crippen molar-refractivity contribution < 1.29 is 9.18 Å². The summed E-state index contributed by atoms with van der Waals surface area (Å²) >= 11 is 0. The Morgan fingerprint density at radius 2 is 2.21 bits per heavy atom. The zero-order valence-electron chi connectivity index (χ0n) is 10.8. The summed E-state index contributed by atoms with van der Waals surface area (Å²) < 4.78 is 13.7. The fraction of sp³-hybridized carbons (Fsp3) is 0.714.